The highest BCUT2D eigenvalue weighted by Gasteiger charge is 2.23. The molecule has 1 heterocycles. The first-order chi connectivity index (χ1) is 12.6. The largest absolute Gasteiger partial charge is 0.493 e. The molecule has 0 atom stereocenters. The Kier molecular flexibility index (Phi) is 6.10. The number of carbonyl (C=O) groups is 1. The molecule has 0 bridgehead atoms. The summed E-state index contributed by atoms with van der Waals surface area (Å²) in [7, 11) is 0. The number of carbonyl (C=O) groups excluding carboxylic acids is 1. The second-order valence-corrected chi connectivity index (χ2v) is 6.69. The third-order valence-corrected chi connectivity index (χ3v) is 4.65. The lowest BCUT2D eigenvalue weighted by atomic mass is 9.98. The molecule has 1 aliphatic rings. The summed E-state index contributed by atoms with van der Waals surface area (Å²) in [6, 6.07) is 13.7. The number of piperidine rings is 1. The van der Waals surface area contributed by atoms with Gasteiger partial charge in [-0.2, -0.15) is 0 Å². The van der Waals surface area contributed by atoms with Crippen molar-refractivity contribution >= 4 is 5.91 Å². The second-order valence-electron chi connectivity index (χ2n) is 6.69. The monoisotopic (exact) mass is 357 g/mol. The van der Waals surface area contributed by atoms with E-state index in [2.05, 4.69) is 0 Å². The van der Waals surface area contributed by atoms with Gasteiger partial charge in [-0.05, 0) is 62.1 Å². The topological polar surface area (TPSA) is 38.8 Å². The van der Waals surface area contributed by atoms with E-state index in [-0.39, 0.29) is 18.3 Å². The van der Waals surface area contributed by atoms with E-state index in [0.29, 0.717) is 37.1 Å². The van der Waals surface area contributed by atoms with Crippen LogP contribution in [0.2, 0.25) is 0 Å². The first kappa shape index (κ1) is 18.2. The van der Waals surface area contributed by atoms with E-state index in [4.69, 9.17) is 9.47 Å². The van der Waals surface area contributed by atoms with Gasteiger partial charge in [0.05, 0.1) is 6.61 Å². The van der Waals surface area contributed by atoms with Crippen LogP contribution in [0.3, 0.4) is 0 Å². The maximum atomic E-state index is 12.9. The maximum absolute atomic E-state index is 12.9. The normalized spacial score (nSPS) is 14.9. The molecule has 4 nitrogen and oxygen atoms in total. The van der Waals surface area contributed by atoms with Gasteiger partial charge in [-0.15, -0.1) is 0 Å². The molecule has 2 aromatic rings. The zero-order valence-corrected chi connectivity index (χ0v) is 15.0. The summed E-state index contributed by atoms with van der Waals surface area (Å²) < 4.78 is 24.2. The van der Waals surface area contributed by atoms with Crippen molar-refractivity contribution in [2.45, 2.75) is 19.8 Å². The Morgan fingerprint density at radius 3 is 2.23 bits per heavy atom. The zero-order chi connectivity index (χ0) is 18.4. The molecule has 1 fully saturated rings. The molecule has 0 aliphatic carbocycles. The van der Waals surface area contributed by atoms with Gasteiger partial charge in [0.2, 0.25) is 0 Å². The number of ether oxygens (including phenoxy) is 2. The number of likely N-dealkylation sites (tertiary alicyclic amines) is 1. The number of amides is 1. The van der Waals surface area contributed by atoms with Crippen molar-refractivity contribution in [3.63, 3.8) is 0 Å². The molecular weight excluding hydrogens is 333 g/mol. The van der Waals surface area contributed by atoms with Crippen molar-refractivity contribution in [2.24, 2.45) is 5.92 Å². The lowest BCUT2D eigenvalue weighted by Crippen LogP contribution is -2.41. The minimum atomic E-state index is -0.267. The van der Waals surface area contributed by atoms with Gasteiger partial charge >= 0.3 is 0 Å². The third kappa shape index (κ3) is 5.22. The molecule has 5 heteroatoms. The second kappa shape index (κ2) is 8.70. The van der Waals surface area contributed by atoms with E-state index in [1.807, 2.05) is 36.1 Å². The van der Waals surface area contributed by atoms with Gasteiger partial charge in [-0.1, -0.05) is 17.7 Å². The number of benzene rings is 2. The maximum Gasteiger partial charge on any atom is 0.260 e. The Bertz CT molecular complexity index is 707. The number of nitrogens with zero attached hydrogens (tertiary/aromatic N) is 1. The van der Waals surface area contributed by atoms with E-state index < -0.39 is 0 Å². The average Bonchev–Trinajstić information content (AvgIpc) is 2.67. The molecule has 0 spiro atoms. The van der Waals surface area contributed by atoms with E-state index in [1.54, 1.807) is 12.1 Å². The van der Waals surface area contributed by atoms with E-state index in [1.165, 1.54) is 12.1 Å². The summed E-state index contributed by atoms with van der Waals surface area (Å²) in [6.07, 6.45) is 1.80. The Hall–Kier alpha value is -2.56. The Morgan fingerprint density at radius 2 is 1.58 bits per heavy atom. The number of aryl methyl sites for hydroxylation is 1. The minimum absolute atomic E-state index is 0.0171. The van der Waals surface area contributed by atoms with E-state index in [0.717, 1.165) is 18.4 Å². The summed E-state index contributed by atoms with van der Waals surface area (Å²) in [5, 5.41) is 0. The molecule has 26 heavy (non-hydrogen) atoms. The van der Waals surface area contributed by atoms with Crippen LogP contribution in [-0.2, 0) is 4.79 Å². The van der Waals surface area contributed by atoms with Gasteiger partial charge in [-0.25, -0.2) is 4.39 Å². The van der Waals surface area contributed by atoms with Crippen molar-refractivity contribution in [1.29, 1.82) is 0 Å². The molecule has 0 unspecified atom stereocenters. The Balaban J connectivity index is 1.38. The molecule has 0 radical (unpaired) electrons. The predicted molar refractivity (Wildman–Crippen MR) is 97.9 cm³/mol. The summed E-state index contributed by atoms with van der Waals surface area (Å²) >= 11 is 0. The molecule has 3 rings (SSSR count). The summed E-state index contributed by atoms with van der Waals surface area (Å²) in [5.41, 5.74) is 1.16. The van der Waals surface area contributed by atoms with Crippen LogP contribution in [-0.4, -0.2) is 37.1 Å². The number of hydrogen-bond acceptors (Lipinski definition) is 3. The highest BCUT2D eigenvalue weighted by molar-refractivity contribution is 5.77. The molecule has 1 saturated heterocycles. The first-order valence-electron chi connectivity index (χ1n) is 8.96. The lowest BCUT2D eigenvalue weighted by molar-refractivity contribution is -0.134. The van der Waals surface area contributed by atoms with Gasteiger partial charge in [0.1, 0.15) is 17.3 Å². The zero-order valence-electron chi connectivity index (χ0n) is 15.0. The van der Waals surface area contributed by atoms with Gasteiger partial charge in [0.25, 0.3) is 5.91 Å². The third-order valence-electron chi connectivity index (χ3n) is 4.65. The SMILES string of the molecule is Cc1ccc(OCC(=O)N2CCC(COc3ccc(F)cc3)CC2)cc1. The smallest absolute Gasteiger partial charge is 0.260 e. The number of halogens is 1. The molecule has 0 saturated carbocycles. The van der Waals surface area contributed by atoms with Crippen LogP contribution in [0.5, 0.6) is 11.5 Å². The number of rotatable bonds is 6. The fourth-order valence-corrected chi connectivity index (χ4v) is 2.96. The van der Waals surface area contributed by atoms with Crippen molar-refractivity contribution < 1.29 is 18.7 Å². The van der Waals surface area contributed by atoms with E-state index in [9.17, 15) is 9.18 Å². The Labute approximate surface area is 153 Å². The highest BCUT2D eigenvalue weighted by atomic mass is 19.1. The van der Waals surface area contributed by atoms with Crippen molar-refractivity contribution in [1.82, 2.24) is 4.90 Å². The summed E-state index contributed by atoms with van der Waals surface area (Å²) in [6.45, 7) is 4.10. The minimum Gasteiger partial charge on any atom is -0.493 e. The molecule has 1 amide bonds. The lowest BCUT2D eigenvalue weighted by Gasteiger charge is -2.31. The van der Waals surface area contributed by atoms with Crippen molar-refractivity contribution in [3.8, 4) is 11.5 Å². The van der Waals surface area contributed by atoms with Crippen LogP contribution in [0.15, 0.2) is 48.5 Å². The molecule has 2 aromatic carbocycles. The fourth-order valence-electron chi connectivity index (χ4n) is 2.96. The quantitative estimate of drug-likeness (QED) is 0.789. The highest BCUT2D eigenvalue weighted by Crippen LogP contribution is 2.20. The van der Waals surface area contributed by atoms with Crippen LogP contribution >= 0.6 is 0 Å². The molecule has 1 aliphatic heterocycles. The predicted octanol–water partition coefficient (Wildman–Crippen LogP) is 3.83. The van der Waals surface area contributed by atoms with Gasteiger partial charge in [0.15, 0.2) is 6.61 Å². The average molecular weight is 357 g/mol. The van der Waals surface area contributed by atoms with Gasteiger partial charge in [-0.3, -0.25) is 4.79 Å². The van der Waals surface area contributed by atoms with Crippen LogP contribution < -0.4 is 9.47 Å². The molecule has 138 valence electrons. The van der Waals surface area contributed by atoms with Gasteiger partial charge < -0.3 is 14.4 Å². The molecule has 0 N–H and O–H groups in total. The van der Waals surface area contributed by atoms with E-state index >= 15 is 0 Å². The summed E-state index contributed by atoms with van der Waals surface area (Å²) in [4.78, 5) is 14.1. The first-order valence-corrected chi connectivity index (χ1v) is 8.96. The molecule has 0 aromatic heterocycles. The van der Waals surface area contributed by atoms with Crippen molar-refractivity contribution in [3.05, 3.63) is 59.9 Å². The van der Waals surface area contributed by atoms with Crippen LogP contribution in [0.1, 0.15) is 18.4 Å². The van der Waals surface area contributed by atoms with Crippen LogP contribution in [0.4, 0.5) is 4.39 Å². The van der Waals surface area contributed by atoms with Crippen molar-refractivity contribution in [2.75, 3.05) is 26.3 Å². The molecular formula is C21H24FNO3. The van der Waals surface area contributed by atoms with Crippen LogP contribution in [0.25, 0.3) is 0 Å². The number of hydrogen-bond donors (Lipinski definition) is 0. The van der Waals surface area contributed by atoms with Crippen LogP contribution in [0, 0.1) is 18.7 Å². The summed E-state index contributed by atoms with van der Waals surface area (Å²) in [5.74, 6) is 1.55. The Morgan fingerprint density at radius 1 is 1.00 bits per heavy atom. The fraction of sp³-hybridized carbons (Fsp3) is 0.381. The standard InChI is InChI=1S/C21H24FNO3/c1-16-2-6-19(7-3-16)26-15-21(24)23-12-10-17(11-13-23)14-25-20-8-4-18(22)5-9-20/h2-9,17H,10-15H2,1H3. The van der Waals surface area contributed by atoms with Gasteiger partial charge in [0, 0.05) is 13.1 Å².